The van der Waals surface area contributed by atoms with E-state index in [1.54, 1.807) is 6.07 Å². The molecule has 1 aromatic heterocycles. The standard InChI is InChI=1S/C18H14O3/c1-10-11(2)20-12(3)15(10)7-5-14-6-8-16-13(4)21-18(19)17(16)9-14/h5-9H,2-4H2,1H3/b7-5+. The zero-order valence-corrected chi connectivity index (χ0v) is 11.7. The van der Waals surface area contributed by atoms with E-state index >= 15 is 0 Å². The van der Waals surface area contributed by atoms with Crippen molar-refractivity contribution in [1.82, 2.24) is 0 Å². The third kappa shape index (κ3) is 2.13. The van der Waals surface area contributed by atoms with Crippen LogP contribution in [0.15, 0.2) is 29.2 Å². The number of benzene rings is 1. The van der Waals surface area contributed by atoms with Crippen LogP contribution in [-0.2, 0) is 4.74 Å². The smallest absolute Gasteiger partial charge is 0.344 e. The minimum Gasteiger partial charge on any atom is -0.458 e. The number of cyclic esters (lactones) is 1. The number of esters is 1. The van der Waals surface area contributed by atoms with Gasteiger partial charge in [0.1, 0.15) is 16.6 Å². The second-order valence-corrected chi connectivity index (χ2v) is 4.94. The normalized spacial score (nSPS) is 13.8. The molecule has 3 nitrogen and oxygen atoms in total. The van der Waals surface area contributed by atoms with Gasteiger partial charge < -0.3 is 9.15 Å². The Morgan fingerprint density at radius 1 is 1.05 bits per heavy atom. The number of hydrogen-bond acceptors (Lipinski definition) is 3. The van der Waals surface area contributed by atoms with Crippen LogP contribution in [0.25, 0.3) is 31.1 Å². The topological polar surface area (TPSA) is 39.4 Å². The highest BCUT2D eigenvalue weighted by molar-refractivity contribution is 6.03. The van der Waals surface area contributed by atoms with Crippen LogP contribution in [0, 0.1) is 6.92 Å². The molecule has 0 atom stereocenters. The highest BCUT2D eigenvalue weighted by Crippen LogP contribution is 2.29. The third-order valence-corrected chi connectivity index (χ3v) is 3.59. The maximum absolute atomic E-state index is 11.7. The minimum atomic E-state index is -0.359. The van der Waals surface area contributed by atoms with Crippen molar-refractivity contribution in [2.24, 2.45) is 0 Å². The van der Waals surface area contributed by atoms with E-state index in [1.807, 2.05) is 31.2 Å². The summed E-state index contributed by atoms with van der Waals surface area (Å²) in [6.45, 7) is 13.3. The molecule has 0 saturated carbocycles. The second-order valence-electron chi connectivity index (χ2n) is 4.94. The van der Waals surface area contributed by atoms with Crippen molar-refractivity contribution in [2.45, 2.75) is 6.92 Å². The van der Waals surface area contributed by atoms with E-state index in [2.05, 4.69) is 19.7 Å². The lowest BCUT2D eigenvalue weighted by Gasteiger charge is -1.97. The lowest BCUT2D eigenvalue weighted by atomic mass is 10.0. The van der Waals surface area contributed by atoms with Crippen LogP contribution in [0.4, 0.5) is 0 Å². The molecule has 0 aliphatic carbocycles. The summed E-state index contributed by atoms with van der Waals surface area (Å²) in [7, 11) is 0. The second kappa shape index (κ2) is 4.63. The molecule has 0 spiro atoms. The molecule has 0 bridgehead atoms. The first-order chi connectivity index (χ1) is 9.97. The molecule has 1 aromatic carbocycles. The molecule has 104 valence electrons. The summed E-state index contributed by atoms with van der Waals surface area (Å²) in [4.78, 5) is 11.7. The van der Waals surface area contributed by atoms with Gasteiger partial charge in [0.2, 0.25) is 0 Å². The molecule has 21 heavy (non-hydrogen) atoms. The van der Waals surface area contributed by atoms with Gasteiger partial charge in [0, 0.05) is 16.7 Å². The predicted octanol–water partition coefficient (Wildman–Crippen LogP) is 2.72. The van der Waals surface area contributed by atoms with Crippen molar-refractivity contribution < 1.29 is 13.9 Å². The van der Waals surface area contributed by atoms with Crippen LogP contribution < -0.4 is 10.8 Å². The van der Waals surface area contributed by atoms with Crippen LogP contribution in [0.1, 0.15) is 32.6 Å². The van der Waals surface area contributed by atoms with Gasteiger partial charge in [-0.05, 0) is 24.6 Å². The summed E-state index contributed by atoms with van der Waals surface area (Å²) in [6.07, 6.45) is 3.81. The van der Waals surface area contributed by atoms with Crippen molar-refractivity contribution in [3.05, 3.63) is 63.4 Å². The summed E-state index contributed by atoms with van der Waals surface area (Å²) < 4.78 is 10.4. The quantitative estimate of drug-likeness (QED) is 0.793. The molecular formula is C18H14O3. The highest BCUT2D eigenvalue weighted by atomic mass is 16.5. The van der Waals surface area contributed by atoms with Crippen molar-refractivity contribution in [3.8, 4) is 0 Å². The Morgan fingerprint density at radius 2 is 1.81 bits per heavy atom. The fourth-order valence-corrected chi connectivity index (χ4v) is 2.34. The zero-order chi connectivity index (χ0) is 15.1. The van der Waals surface area contributed by atoms with Gasteiger partial charge in [0.25, 0.3) is 0 Å². The largest absolute Gasteiger partial charge is 0.458 e. The predicted molar refractivity (Wildman–Crippen MR) is 83.6 cm³/mol. The van der Waals surface area contributed by atoms with Crippen LogP contribution in [0.3, 0.4) is 0 Å². The molecular weight excluding hydrogens is 264 g/mol. The minimum absolute atomic E-state index is 0.359. The summed E-state index contributed by atoms with van der Waals surface area (Å²) >= 11 is 0. The average molecular weight is 278 g/mol. The van der Waals surface area contributed by atoms with Crippen LogP contribution in [0.5, 0.6) is 0 Å². The summed E-state index contributed by atoms with van der Waals surface area (Å²) in [5.74, 6) is 0.0422. The van der Waals surface area contributed by atoms with Crippen molar-refractivity contribution in [2.75, 3.05) is 0 Å². The Labute approximate surface area is 122 Å². The Balaban J connectivity index is 2.00. The Kier molecular flexibility index (Phi) is 2.91. The summed E-state index contributed by atoms with van der Waals surface area (Å²) in [5.41, 5.74) is 5.26. The van der Waals surface area contributed by atoms with Crippen molar-refractivity contribution >= 4 is 37.0 Å². The van der Waals surface area contributed by atoms with Crippen LogP contribution in [-0.4, -0.2) is 5.97 Å². The average Bonchev–Trinajstić information content (AvgIpc) is 2.86. The van der Waals surface area contributed by atoms with E-state index < -0.39 is 0 Å². The number of carbonyl (C=O) groups excluding carboxylic acids is 1. The molecule has 0 radical (unpaired) electrons. The van der Waals surface area contributed by atoms with E-state index in [0.717, 1.165) is 22.3 Å². The van der Waals surface area contributed by atoms with Crippen LogP contribution >= 0.6 is 0 Å². The van der Waals surface area contributed by atoms with Gasteiger partial charge >= 0.3 is 5.97 Å². The van der Waals surface area contributed by atoms with E-state index in [9.17, 15) is 4.79 Å². The molecule has 2 aromatic rings. The van der Waals surface area contributed by atoms with Gasteiger partial charge in [-0.15, -0.1) is 0 Å². The monoisotopic (exact) mass is 278 g/mol. The summed E-state index contributed by atoms with van der Waals surface area (Å²) in [5, 5.41) is 0. The summed E-state index contributed by atoms with van der Waals surface area (Å²) in [6, 6.07) is 5.53. The highest BCUT2D eigenvalue weighted by Gasteiger charge is 2.24. The number of furan rings is 1. The maximum atomic E-state index is 11.7. The van der Waals surface area contributed by atoms with Crippen molar-refractivity contribution in [1.29, 1.82) is 0 Å². The van der Waals surface area contributed by atoms with Gasteiger partial charge in [-0.2, -0.15) is 0 Å². The number of hydrogen-bond donors (Lipinski definition) is 0. The fourth-order valence-electron chi connectivity index (χ4n) is 2.34. The number of rotatable bonds is 2. The molecule has 0 amide bonds. The lowest BCUT2D eigenvalue weighted by Crippen LogP contribution is -1.96. The SMILES string of the molecule is C=C1OC(=O)c2cc(/C=C/c3c(C)c(=C)oc3=C)ccc21. The Hall–Kier alpha value is -2.81. The van der Waals surface area contributed by atoms with Gasteiger partial charge in [-0.1, -0.05) is 38.0 Å². The van der Waals surface area contributed by atoms with Crippen LogP contribution in [0.2, 0.25) is 0 Å². The van der Waals surface area contributed by atoms with E-state index in [1.165, 1.54) is 0 Å². The molecule has 1 aliphatic heterocycles. The number of fused-ring (bicyclic) bond motifs is 1. The number of carbonyl (C=O) groups is 1. The van der Waals surface area contributed by atoms with E-state index in [-0.39, 0.29) is 5.97 Å². The molecule has 3 rings (SSSR count). The molecule has 0 fully saturated rings. The first-order valence-electron chi connectivity index (χ1n) is 6.48. The van der Waals surface area contributed by atoms with Crippen molar-refractivity contribution in [3.63, 3.8) is 0 Å². The zero-order valence-electron chi connectivity index (χ0n) is 11.7. The third-order valence-electron chi connectivity index (χ3n) is 3.59. The van der Waals surface area contributed by atoms with E-state index in [0.29, 0.717) is 22.2 Å². The molecule has 1 aliphatic rings. The van der Waals surface area contributed by atoms with Gasteiger partial charge in [-0.3, -0.25) is 0 Å². The maximum Gasteiger partial charge on any atom is 0.344 e. The van der Waals surface area contributed by atoms with Gasteiger partial charge in [-0.25, -0.2) is 4.79 Å². The molecule has 0 unspecified atom stereocenters. The van der Waals surface area contributed by atoms with Gasteiger partial charge in [0.15, 0.2) is 0 Å². The lowest BCUT2D eigenvalue weighted by molar-refractivity contribution is 0.0716. The fraction of sp³-hybridized carbons (Fsp3) is 0.0556. The Morgan fingerprint density at radius 3 is 2.48 bits per heavy atom. The molecule has 0 saturated heterocycles. The van der Waals surface area contributed by atoms with E-state index in [4.69, 9.17) is 9.15 Å². The molecule has 0 N–H and O–H groups in total. The first-order valence-corrected chi connectivity index (χ1v) is 6.48. The molecule has 3 heteroatoms. The van der Waals surface area contributed by atoms with Gasteiger partial charge in [0.05, 0.1) is 5.56 Å². The first kappa shape index (κ1) is 13.2. The number of ether oxygens (including phenoxy) is 1. The molecule has 2 heterocycles. The Bertz CT molecular complexity index is 897.